The molecule has 0 aromatic heterocycles. The molecule has 0 aromatic carbocycles. The number of rotatable bonds is 1. The molecule has 68 valence electrons. The highest BCUT2D eigenvalue weighted by Gasteiger charge is 2.12. The Bertz CT molecular complexity index is 96.6. The van der Waals surface area contributed by atoms with Crippen LogP contribution in [0.4, 0.5) is 0 Å². The second-order valence-corrected chi connectivity index (χ2v) is 3.18. The minimum atomic E-state index is 0. The smallest absolute Gasteiger partial charge is 0.0209 e. The van der Waals surface area contributed by atoms with Gasteiger partial charge in [0.1, 0.15) is 0 Å². The van der Waals surface area contributed by atoms with E-state index in [1.54, 1.807) is 0 Å². The molecule has 1 aliphatic carbocycles. The second kappa shape index (κ2) is 6.45. The Kier molecular flexibility index (Phi) is 7.82. The lowest BCUT2D eigenvalue weighted by molar-refractivity contribution is 0.404. The highest BCUT2D eigenvalue weighted by Crippen LogP contribution is 2.27. The van der Waals surface area contributed by atoms with E-state index < -0.39 is 0 Å². The first kappa shape index (κ1) is 13.3. The van der Waals surface area contributed by atoms with Gasteiger partial charge in [0.05, 0.1) is 0 Å². The molecule has 0 heterocycles. The molecule has 0 radical (unpaired) electrons. The van der Waals surface area contributed by atoms with Gasteiger partial charge in [-0.15, -0.1) is 0 Å². The van der Waals surface area contributed by atoms with Gasteiger partial charge < -0.3 is 0 Å². The molecule has 0 aromatic rings. The maximum Gasteiger partial charge on any atom is -0.0209 e. The summed E-state index contributed by atoms with van der Waals surface area (Å²) in [5.41, 5.74) is 1.40. The fraction of sp³-hybridized carbons (Fsp3) is 0.818. The molecule has 0 nitrogen and oxygen atoms in total. The third-order valence-electron chi connectivity index (χ3n) is 2.30. The average Bonchev–Trinajstić information content (AvgIpc) is 1.90. The Hall–Kier alpha value is -0.260. The highest BCUT2D eigenvalue weighted by molar-refractivity contribution is 4.96. The summed E-state index contributed by atoms with van der Waals surface area (Å²) in [5.74, 6) is 0.860. The normalized spacial score (nSPS) is 17.9. The molecule has 0 saturated heterocycles. The minimum absolute atomic E-state index is 0. The third kappa shape index (κ3) is 4.23. The molecule has 0 spiro atoms. The summed E-state index contributed by atoms with van der Waals surface area (Å²) >= 11 is 0. The second-order valence-electron chi connectivity index (χ2n) is 3.18. The van der Waals surface area contributed by atoms with E-state index in [2.05, 4.69) is 13.5 Å². The molecule has 11 heavy (non-hydrogen) atoms. The van der Waals surface area contributed by atoms with E-state index in [0.29, 0.717) is 0 Å². The zero-order chi connectivity index (χ0) is 6.69. The Morgan fingerprint density at radius 3 is 1.82 bits per heavy atom. The van der Waals surface area contributed by atoms with E-state index in [0.717, 1.165) is 5.92 Å². The van der Waals surface area contributed by atoms with Crippen molar-refractivity contribution in [3.8, 4) is 0 Å². The molecule has 1 rings (SSSR count). The first-order valence-corrected chi connectivity index (χ1v) is 3.96. The van der Waals surface area contributed by atoms with Gasteiger partial charge in [-0.1, -0.05) is 46.3 Å². The van der Waals surface area contributed by atoms with E-state index in [4.69, 9.17) is 0 Å². The van der Waals surface area contributed by atoms with Gasteiger partial charge in [-0.3, -0.25) is 0 Å². The van der Waals surface area contributed by atoms with E-state index in [9.17, 15) is 0 Å². The third-order valence-corrected chi connectivity index (χ3v) is 2.30. The van der Waals surface area contributed by atoms with Gasteiger partial charge in [0.15, 0.2) is 0 Å². The largest absolute Gasteiger partial charge is 0.0999 e. The van der Waals surface area contributed by atoms with Crippen molar-refractivity contribution in [2.75, 3.05) is 0 Å². The molecule has 1 aliphatic rings. The van der Waals surface area contributed by atoms with Gasteiger partial charge in [0.2, 0.25) is 0 Å². The van der Waals surface area contributed by atoms with Crippen molar-refractivity contribution in [3.63, 3.8) is 0 Å². The SMILES string of the molecule is C.C.C=C(C)C1CCCCC1. The molecule has 0 aliphatic heterocycles. The molecular weight excluding hydrogens is 132 g/mol. The topological polar surface area (TPSA) is 0 Å². The highest BCUT2D eigenvalue weighted by atomic mass is 14.2. The quantitative estimate of drug-likeness (QED) is 0.493. The van der Waals surface area contributed by atoms with Crippen LogP contribution >= 0.6 is 0 Å². The van der Waals surface area contributed by atoms with Crippen LogP contribution in [0.1, 0.15) is 53.9 Å². The van der Waals surface area contributed by atoms with Crippen LogP contribution in [0.15, 0.2) is 12.2 Å². The first-order valence-electron chi connectivity index (χ1n) is 3.96. The number of allylic oxidation sites excluding steroid dienone is 1. The molecular formula is C11H24. The maximum absolute atomic E-state index is 3.98. The Morgan fingerprint density at radius 1 is 1.09 bits per heavy atom. The van der Waals surface area contributed by atoms with Crippen molar-refractivity contribution >= 4 is 0 Å². The lowest BCUT2D eigenvalue weighted by Gasteiger charge is -2.21. The van der Waals surface area contributed by atoms with Crippen molar-refractivity contribution < 1.29 is 0 Å². The van der Waals surface area contributed by atoms with Gasteiger partial charge in [-0.05, 0) is 25.7 Å². The van der Waals surface area contributed by atoms with Crippen molar-refractivity contribution in [2.24, 2.45) is 5.92 Å². The Balaban J connectivity index is 0. The van der Waals surface area contributed by atoms with Crippen LogP contribution in [0.3, 0.4) is 0 Å². The summed E-state index contributed by atoms with van der Waals surface area (Å²) in [6, 6.07) is 0. The summed E-state index contributed by atoms with van der Waals surface area (Å²) in [6.07, 6.45) is 7.10. The molecule has 1 saturated carbocycles. The summed E-state index contributed by atoms with van der Waals surface area (Å²) in [5, 5.41) is 0. The van der Waals surface area contributed by atoms with Gasteiger partial charge in [0.25, 0.3) is 0 Å². The van der Waals surface area contributed by atoms with Crippen molar-refractivity contribution in [2.45, 2.75) is 53.9 Å². The monoisotopic (exact) mass is 156 g/mol. The lowest BCUT2D eigenvalue weighted by Crippen LogP contribution is -2.05. The number of hydrogen-bond acceptors (Lipinski definition) is 0. The zero-order valence-corrected chi connectivity index (χ0v) is 6.32. The van der Waals surface area contributed by atoms with Gasteiger partial charge >= 0.3 is 0 Å². The average molecular weight is 156 g/mol. The first-order chi connectivity index (χ1) is 4.30. The molecule has 1 fully saturated rings. The minimum Gasteiger partial charge on any atom is -0.0999 e. The van der Waals surface area contributed by atoms with E-state index in [-0.39, 0.29) is 14.9 Å². The van der Waals surface area contributed by atoms with E-state index in [1.165, 1.54) is 37.7 Å². The Morgan fingerprint density at radius 2 is 1.55 bits per heavy atom. The van der Waals surface area contributed by atoms with Crippen LogP contribution in [-0.2, 0) is 0 Å². The van der Waals surface area contributed by atoms with Gasteiger partial charge in [-0.2, -0.15) is 0 Å². The van der Waals surface area contributed by atoms with Crippen LogP contribution in [0.5, 0.6) is 0 Å². The van der Waals surface area contributed by atoms with E-state index in [1.807, 2.05) is 0 Å². The van der Waals surface area contributed by atoms with Crippen LogP contribution in [0.25, 0.3) is 0 Å². The lowest BCUT2D eigenvalue weighted by atomic mass is 9.85. The predicted molar refractivity (Wildman–Crippen MR) is 54.9 cm³/mol. The summed E-state index contributed by atoms with van der Waals surface area (Å²) < 4.78 is 0. The van der Waals surface area contributed by atoms with Crippen LogP contribution in [0, 0.1) is 5.92 Å². The van der Waals surface area contributed by atoms with Crippen LogP contribution in [0.2, 0.25) is 0 Å². The fourth-order valence-corrected chi connectivity index (χ4v) is 1.60. The predicted octanol–water partition coefficient (Wildman–Crippen LogP) is 4.42. The molecule has 0 atom stereocenters. The van der Waals surface area contributed by atoms with Crippen LogP contribution in [-0.4, -0.2) is 0 Å². The summed E-state index contributed by atoms with van der Waals surface area (Å²) in [6.45, 7) is 6.14. The van der Waals surface area contributed by atoms with Crippen molar-refractivity contribution in [3.05, 3.63) is 12.2 Å². The molecule has 0 amide bonds. The number of hydrogen-bond donors (Lipinski definition) is 0. The molecule has 0 unspecified atom stereocenters. The molecule has 0 N–H and O–H groups in total. The Labute approximate surface area is 72.7 Å². The molecule has 0 bridgehead atoms. The fourth-order valence-electron chi connectivity index (χ4n) is 1.60. The standard InChI is InChI=1S/C9H16.2CH4/c1-8(2)9-6-4-3-5-7-9;;/h9H,1,3-7H2,2H3;2*1H4. The van der Waals surface area contributed by atoms with Gasteiger partial charge in [0, 0.05) is 0 Å². The maximum atomic E-state index is 3.98. The van der Waals surface area contributed by atoms with Crippen molar-refractivity contribution in [1.29, 1.82) is 0 Å². The zero-order valence-electron chi connectivity index (χ0n) is 6.32. The van der Waals surface area contributed by atoms with Gasteiger partial charge in [-0.25, -0.2) is 0 Å². The van der Waals surface area contributed by atoms with E-state index >= 15 is 0 Å². The van der Waals surface area contributed by atoms with Crippen LogP contribution < -0.4 is 0 Å². The summed E-state index contributed by atoms with van der Waals surface area (Å²) in [7, 11) is 0. The molecule has 0 heteroatoms. The van der Waals surface area contributed by atoms with Crippen molar-refractivity contribution in [1.82, 2.24) is 0 Å². The summed E-state index contributed by atoms with van der Waals surface area (Å²) in [4.78, 5) is 0.